The first-order valence-electron chi connectivity index (χ1n) is 7.50. The molecule has 3 N–H and O–H groups in total. The number of amides is 1. The largest absolute Gasteiger partial charge is 0.352 e. The van der Waals surface area contributed by atoms with Gasteiger partial charge < -0.3 is 16.0 Å². The van der Waals surface area contributed by atoms with Crippen LogP contribution in [-0.2, 0) is 4.79 Å². The highest BCUT2D eigenvalue weighted by atomic mass is 16.1. The fraction of sp³-hybridized carbons (Fsp3) is 0.929. The maximum absolute atomic E-state index is 11.1. The maximum Gasteiger partial charge on any atom is 0.220 e. The number of nitrogens with one attached hydrogen (secondary N) is 3. The van der Waals surface area contributed by atoms with E-state index in [-0.39, 0.29) is 5.91 Å². The van der Waals surface area contributed by atoms with Gasteiger partial charge in [-0.15, -0.1) is 0 Å². The third kappa shape index (κ3) is 4.58. The van der Waals surface area contributed by atoms with Crippen molar-refractivity contribution in [2.75, 3.05) is 13.1 Å². The topological polar surface area (TPSA) is 53.2 Å². The van der Waals surface area contributed by atoms with E-state index in [4.69, 9.17) is 0 Å². The minimum Gasteiger partial charge on any atom is -0.352 e. The highest BCUT2D eigenvalue weighted by molar-refractivity contribution is 5.78. The van der Waals surface area contributed by atoms with E-state index >= 15 is 0 Å². The molecular weight excluding hydrogens is 226 g/mol. The van der Waals surface area contributed by atoms with Gasteiger partial charge in [0.15, 0.2) is 0 Å². The van der Waals surface area contributed by atoms with Crippen molar-refractivity contribution in [2.24, 2.45) is 0 Å². The van der Waals surface area contributed by atoms with Crippen LogP contribution >= 0.6 is 0 Å². The van der Waals surface area contributed by atoms with Crippen molar-refractivity contribution in [1.29, 1.82) is 0 Å². The van der Waals surface area contributed by atoms with Crippen LogP contribution in [0.15, 0.2) is 0 Å². The third-order valence-electron chi connectivity index (χ3n) is 4.10. The zero-order valence-electron chi connectivity index (χ0n) is 11.5. The normalized spacial score (nSPS) is 30.8. The summed E-state index contributed by atoms with van der Waals surface area (Å²) in [4.78, 5) is 11.1. The average molecular weight is 253 g/mol. The summed E-state index contributed by atoms with van der Waals surface area (Å²) in [6, 6.07) is 1.55. The van der Waals surface area contributed by atoms with Gasteiger partial charge >= 0.3 is 0 Å². The Balaban J connectivity index is 1.61. The summed E-state index contributed by atoms with van der Waals surface area (Å²) >= 11 is 0. The quantitative estimate of drug-likeness (QED) is 0.689. The molecule has 0 aromatic heterocycles. The molecule has 2 saturated heterocycles. The van der Waals surface area contributed by atoms with Crippen LogP contribution in [0.25, 0.3) is 0 Å². The number of hydrogen-bond donors (Lipinski definition) is 3. The SMILES string of the molecule is CC(CC1CCCCCN1)NCC1CCC(=O)N1. The molecule has 2 aliphatic heterocycles. The average Bonchev–Trinajstić information content (AvgIpc) is 2.60. The van der Waals surface area contributed by atoms with Crippen molar-refractivity contribution in [3.8, 4) is 0 Å². The molecule has 104 valence electrons. The van der Waals surface area contributed by atoms with Crippen LogP contribution in [0.1, 0.15) is 51.9 Å². The fourth-order valence-electron chi connectivity index (χ4n) is 2.99. The van der Waals surface area contributed by atoms with Gasteiger partial charge in [-0.05, 0) is 39.2 Å². The van der Waals surface area contributed by atoms with E-state index in [2.05, 4.69) is 22.9 Å². The monoisotopic (exact) mass is 253 g/mol. The Hall–Kier alpha value is -0.610. The van der Waals surface area contributed by atoms with Crippen molar-refractivity contribution in [2.45, 2.75) is 70.0 Å². The molecule has 2 fully saturated rings. The molecule has 0 aromatic carbocycles. The van der Waals surface area contributed by atoms with Gasteiger partial charge in [0, 0.05) is 31.1 Å². The molecule has 4 heteroatoms. The van der Waals surface area contributed by atoms with Gasteiger partial charge in [-0.1, -0.05) is 12.8 Å². The second-order valence-electron chi connectivity index (χ2n) is 5.85. The lowest BCUT2D eigenvalue weighted by atomic mass is 10.0. The Morgan fingerprint density at radius 3 is 2.94 bits per heavy atom. The van der Waals surface area contributed by atoms with Gasteiger partial charge in [0.1, 0.15) is 0 Å². The zero-order valence-corrected chi connectivity index (χ0v) is 11.5. The molecule has 0 spiro atoms. The van der Waals surface area contributed by atoms with Crippen molar-refractivity contribution in [3.05, 3.63) is 0 Å². The summed E-state index contributed by atoms with van der Waals surface area (Å²) in [5, 5.41) is 10.2. The Bertz CT molecular complexity index is 262. The van der Waals surface area contributed by atoms with Gasteiger partial charge in [-0.3, -0.25) is 4.79 Å². The Morgan fingerprint density at radius 2 is 2.17 bits per heavy atom. The smallest absolute Gasteiger partial charge is 0.220 e. The minimum absolute atomic E-state index is 0.208. The van der Waals surface area contributed by atoms with E-state index in [9.17, 15) is 4.79 Å². The first kappa shape index (κ1) is 13.8. The van der Waals surface area contributed by atoms with E-state index in [1.54, 1.807) is 0 Å². The summed E-state index contributed by atoms with van der Waals surface area (Å²) in [5.74, 6) is 0.208. The van der Waals surface area contributed by atoms with Crippen LogP contribution < -0.4 is 16.0 Å². The van der Waals surface area contributed by atoms with Crippen LogP contribution in [-0.4, -0.2) is 37.1 Å². The fourth-order valence-corrected chi connectivity index (χ4v) is 2.99. The molecule has 3 unspecified atom stereocenters. The van der Waals surface area contributed by atoms with Gasteiger partial charge in [0.2, 0.25) is 5.91 Å². The van der Waals surface area contributed by atoms with Crippen molar-refractivity contribution in [3.63, 3.8) is 0 Å². The minimum atomic E-state index is 0.208. The van der Waals surface area contributed by atoms with Gasteiger partial charge in [-0.2, -0.15) is 0 Å². The number of hydrogen-bond acceptors (Lipinski definition) is 3. The molecule has 0 bridgehead atoms. The molecule has 0 saturated carbocycles. The highest BCUT2D eigenvalue weighted by Crippen LogP contribution is 2.13. The van der Waals surface area contributed by atoms with E-state index in [0.29, 0.717) is 24.5 Å². The van der Waals surface area contributed by atoms with Crippen LogP contribution in [0.5, 0.6) is 0 Å². The van der Waals surface area contributed by atoms with Crippen LogP contribution in [0.2, 0.25) is 0 Å². The predicted molar refractivity (Wildman–Crippen MR) is 73.5 cm³/mol. The van der Waals surface area contributed by atoms with Gasteiger partial charge in [0.25, 0.3) is 0 Å². The van der Waals surface area contributed by atoms with E-state index in [1.165, 1.54) is 38.6 Å². The number of carbonyl (C=O) groups is 1. The lowest BCUT2D eigenvalue weighted by Crippen LogP contribution is -2.42. The predicted octanol–water partition coefficient (Wildman–Crippen LogP) is 1.17. The second-order valence-corrected chi connectivity index (χ2v) is 5.85. The first-order valence-corrected chi connectivity index (χ1v) is 7.50. The molecule has 0 aromatic rings. The molecule has 4 nitrogen and oxygen atoms in total. The molecule has 1 amide bonds. The van der Waals surface area contributed by atoms with Crippen molar-refractivity contribution in [1.82, 2.24) is 16.0 Å². The standard InChI is InChI=1S/C14H27N3O/c1-11(9-12-5-3-2-4-8-15-12)16-10-13-6-7-14(18)17-13/h11-13,15-16H,2-10H2,1H3,(H,17,18). The molecule has 0 radical (unpaired) electrons. The number of carbonyl (C=O) groups excluding carboxylic acids is 1. The highest BCUT2D eigenvalue weighted by Gasteiger charge is 2.21. The van der Waals surface area contributed by atoms with E-state index in [1.807, 2.05) is 0 Å². The van der Waals surface area contributed by atoms with Crippen molar-refractivity contribution >= 4 is 5.91 Å². The summed E-state index contributed by atoms with van der Waals surface area (Å²) in [5.41, 5.74) is 0. The third-order valence-corrected chi connectivity index (χ3v) is 4.10. The van der Waals surface area contributed by atoms with Gasteiger partial charge in [0.05, 0.1) is 0 Å². The van der Waals surface area contributed by atoms with Crippen LogP contribution in [0, 0.1) is 0 Å². The molecule has 0 aliphatic carbocycles. The molecular formula is C14H27N3O. The summed E-state index contributed by atoms with van der Waals surface area (Å²) < 4.78 is 0. The zero-order chi connectivity index (χ0) is 12.8. The Kier molecular flexibility index (Phi) is 5.45. The second kappa shape index (κ2) is 7.10. The molecule has 2 aliphatic rings. The molecule has 3 atom stereocenters. The molecule has 2 rings (SSSR count). The molecule has 18 heavy (non-hydrogen) atoms. The van der Waals surface area contributed by atoms with E-state index < -0.39 is 0 Å². The maximum atomic E-state index is 11.1. The summed E-state index contributed by atoms with van der Waals surface area (Å²) in [6.07, 6.45) is 8.26. The lowest BCUT2D eigenvalue weighted by Gasteiger charge is -2.22. The lowest BCUT2D eigenvalue weighted by molar-refractivity contribution is -0.119. The van der Waals surface area contributed by atoms with E-state index in [0.717, 1.165) is 13.0 Å². The Morgan fingerprint density at radius 1 is 1.28 bits per heavy atom. The van der Waals surface area contributed by atoms with Crippen LogP contribution in [0.4, 0.5) is 0 Å². The summed E-state index contributed by atoms with van der Waals surface area (Å²) in [6.45, 7) is 4.35. The Labute approximate surface area is 110 Å². The molecule has 2 heterocycles. The van der Waals surface area contributed by atoms with Crippen LogP contribution in [0.3, 0.4) is 0 Å². The van der Waals surface area contributed by atoms with Crippen molar-refractivity contribution < 1.29 is 4.79 Å². The first-order chi connectivity index (χ1) is 8.74. The summed E-state index contributed by atoms with van der Waals surface area (Å²) in [7, 11) is 0. The number of rotatable bonds is 5. The van der Waals surface area contributed by atoms with Gasteiger partial charge in [-0.25, -0.2) is 0 Å².